The Bertz CT molecular complexity index is 1730. The highest BCUT2D eigenvalue weighted by Crippen LogP contribution is 2.42. The first kappa shape index (κ1) is 26.5. The molecule has 0 unspecified atom stereocenters. The number of carbonyl (C=O) groups is 2. The number of anilines is 1. The minimum absolute atomic E-state index is 0.129. The van der Waals surface area contributed by atoms with Crippen LogP contribution in [-0.4, -0.2) is 44.4 Å². The maximum atomic E-state index is 14.1. The van der Waals surface area contributed by atoms with Gasteiger partial charge in [-0.1, -0.05) is 22.9 Å². The lowest BCUT2D eigenvalue weighted by Gasteiger charge is -2.26. The third kappa shape index (κ3) is 4.27. The van der Waals surface area contributed by atoms with Gasteiger partial charge in [0.1, 0.15) is 4.53 Å². The number of benzene rings is 2. The van der Waals surface area contributed by atoms with Crippen molar-refractivity contribution in [3.63, 3.8) is 0 Å². The van der Waals surface area contributed by atoms with Gasteiger partial charge < -0.3 is 24.3 Å². The van der Waals surface area contributed by atoms with Gasteiger partial charge in [0, 0.05) is 16.3 Å². The lowest BCUT2D eigenvalue weighted by Crippen LogP contribution is -2.40. The number of thiazole rings is 1. The van der Waals surface area contributed by atoms with E-state index in [1.165, 1.54) is 25.9 Å². The molecule has 3 heterocycles. The van der Waals surface area contributed by atoms with Crippen LogP contribution in [0.15, 0.2) is 51.4 Å². The first-order valence-corrected chi connectivity index (χ1v) is 13.1. The van der Waals surface area contributed by atoms with E-state index in [0.29, 0.717) is 49.6 Å². The van der Waals surface area contributed by atoms with Gasteiger partial charge in [-0.3, -0.25) is 14.2 Å². The molecule has 39 heavy (non-hydrogen) atoms. The van der Waals surface area contributed by atoms with E-state index in [4.69, 9.17) is 30.5 Å². The first-order chi connectivity index (χ1) is 18.7. The number of aromatic nitrogens is 1. The van der Waals surface area contributed by atoms with E-state index in [1.54, 1.807) is 44.2 Å². The number of carbonyl (C=O) groups excluding carboxylic acids is 2. The van der Waals surface area contributed by atoms with Crippen molar-refractivity contribution in [3.05, 3.63) is 77.4 Å². The van der Waals surface area contributed by atoms with Crippen LogP contribution >= 0.6 is 22.9 Å². The van der Waals surface area contributed by atoms with Gasteiger partial charge in [-0.05, 0) is 49.7 Å². The van der Waals surface area contributed by atoms with Gasteiger partial charge in [0.05, 0.1) is 50.8 Å². The molecule has 0 radical (unpaired) electrons. The molecule has 0 saturated heterocycles. The van der Waals surface area contributed by atoms with Crippen molar-refractivity contribution >= 4 is 46.1 Å². The Morgan fingerprint density at radius 2 is 1.79 bits per heavy atom. The van der Waals surface area contributed by atoms with E-state index < -0.39 is 23.5 Å². The molecule has 1 atom stereocenters. The van der Waals surface area contributed by atoms with Crippen LogP contribution in [0.1, 0.15) is 31.0 Å². The van der Waals surface area contributed by atoms with Gasteiger partial charge in [0.15, 0.2) is 16.3 Å². The van der Waals surface area contributed by atoms with Gasteiger partial charge in [-0.2, -0.15) is 0 Å². The molecule has 2 aromatic carbocycles. The van der Waals surface area contributed by atoms with Crippen molar-refractivity contribution in [2.45, 2.75) is 19.9 Å². The third-order valence-electron chi connectivity index (χ3n) is 6.45. The maximum absolute atomic E-state index is 14.1. The number of allylic oxidation sites excluding steroid dienone is 1. The SMILES string of the molecule is CCOC(=O)C1=C(C)N=c2s/c(=C3\C(=O)Nc4ccc(Cl)cc43)c(=O)n2[C@H]1c1cc(OC)c(OC)c(OC)c1. The standard InChI is InChI=1S/C27H24ClN3O7S/c1-6-38-26(34)19-12(2)29-27-31(21(19)13-9-17(35-3)22(37-5)18(10-13)36-4)25(33)23(39-27)20-15-11-14(28)7-8-16(15)30-24(20)32/h7-11,21H,6H2,1-5H3,(H,30,32)/b23-20-/t21-/m0/s1. The predicted molar refractivity (Wildman–Crippen MR) is 146 cm³/mol. The van der Waals surface area contributed by atoms with E-state index in [9.17, 15) is 14.4 Å². The Morgan fingerprint density at radius 3 is 2.41 bits per heavy atom. The van der Waals surface area contributed by atoms with Crippen LogP contribution in [-0.2, 0) is 14.3 Å². The van der Waals surface area contributed by atoms with Gasteiger partial charge in [-0.15, -0.1) is 0 Å². The van der Waals surface area contributed by atoms with Crippen molar-refractivity contribution in [1.29, 1.82) is 0 Å². The van der Waals surface area contributed by atoms with Crippen molar-refractivity contribution < 1.29 is 28.5 Å². The molecule has 12 heteroatoms. The summed E-state index contributed by atoms with van der Waals surface area (Å²) in [6.45, 7) is 3.50. The molecule has 3 aromatic rings. The minimum Gasteiger partial charge on any atom is -0.493 e. The quantitative estimate of drug-likeness (QED) is 0.454. The Morgan fingerprint density at radius 1 is 1.10 bits per heavy atom. The average Bonchev–Trinajstić information content (AvgIpc) is 3.41. The highest BCUT2D eigenvalue weighted by Gasteiger charge is 2.36. The second-order valence-corrected chi connectivity index (χ2v) is 10.0. The molecule has 1 aromatic heterocycles. The fourth-order valence-electron chi connectivity index (χ4n) is 4.78. The molecule has 1 N–H and O–H groups in total. The van der Waals surface area contributed by atoms with Gasteiger partial charge in [-0.25, -0.2) is 9.79 Å². The van der Waals surface area contributed by atoms with Crippen LogP contribution < -0.4 is 34.4 Å². The summed E-state index contributed by atoms with van der Waals surface area (Å²) in [5.74, 6) is -0.0101. The Hall–Kier alpha value is -4.09. The fraction of sp³-hybridized carbons (Fsp3) is 0.259. The fourth-order valence-corrected chi connectivity index (χ4v) is 6.10. The third-order valence-corrected chi connectivity index (χ3v) is 7.74. The zero-order chi connectivity index (χ0) is 28.0. The molecule has 0 saturated carbocycles. The summed E-state index contributed by atoms with van der Waals surface area (Å²) in [6.07, 6.45) is 0. The number of hydrogen-bond acceptors (Lipinski definition) is 9. The Kier molecular flexibility index (Phi) is 6.96. The van der Waals surface area contributed by atoms with Crippen LogP contribution in [0.2, 0.25) is 5.02 Å². The lowest BCUT2D eigenvalue weighted by atomic mass is 9.95. The first-order valence-electron chi connectivity index (χ1n) is 11.9. The summed E-state index contributed by atoms with van der Waals surface area (Å²) in [4.78, 5) is 45.3. The number of hydrogen-bond donors (Lipinski definition) is 1. The van der Waals surface area contributed by atoms with Crippen LogP contribution in [0.3, 0.4) is 0 Å². The van der Waals surface area contributed by atoms with Crippen LogP contribution in [0, 0.1) is 0 Å². The Balaban J connectivity index is 1.85. The number of fused-ring (bicyclic) bond motifs is 2. The number of amides is 1. The summed E-state index contributed by atoms with van der Waals surface area (Å²) in [5.41, 5.74) is 1.82. The van der Waals surface area contributed by atoms with Crippen LogP contribution in [0.4, 0.5) is 5.69 Å². The molecule has 5 rings (SSSR count). The molecular weight excluding hydrogens is 546 g/mol. The molecule has 202 valence electrons. The van der Waals surface area contributed by atoms with Crippen molar-refractivity contribution in [2.24, 2.45) is 4.99 Å². The summed E-state index contributed by atoms with van der Waals surface area (Å²) >= 11 is 7.27. The molecule has 0 bridgehead atoms. The molecule has 10 nitrogen and oxygen atoms in total. The topological polar surface area (TPSA) is 117 Å². The van der Waals surface area contributed by atoms with E-state index in [1.807, 2.05) is 0 Å². The van der Waals surface area contributed by atoms with Crippen LogP contribution in [0.5, 0.6) is 17.2 Å². The van der Waals surface area contributed by atoms with E-state index >= 15 is 0 Å². The number of ether oxygens (including phenoxy) is 4. The number of halogens is 1. The highest BCUT2D eigenvalue weighted by atomic mass is 35.5. The molecule has 0 fully saturated rings. The molecular formula is C27H24ClN3O7S. The maximum Gasteiger partial charge on any atom is 0.338 e. The minimum atomic E-state index is -0.952. The summed E-state index contributed by atoms with van der Waals surface area (Å²) < 4.78 is 23.4. The normalized spacial score (nSPS) is 17.2. The largest absolute Gasteiger partial charge is 0.493 e. The van der Waals surface area contributed by atoms with Gasteiger partial charge in [0.25, 0.3) is 11.5 Å². The second-order valence-electron chi connectivity index (χ2n) is 8.60. The van der Waals surface area contributed by atoms with E-state index in [2.05, 4.69) is 10.3 Å². The number of nitrogens with one attached hydrogen (secondary N) is 1. The summed E-state index contributed by atoms with van der Waals surface area (Å²) in [6, 6.07) is 7.36. The van der Waals surface area contributed by atoms with Crippen molar-refractivity contribution in [3.8, 4) is 17.2 Å². The van der Waals surface area contributed by atoms with E-state index in [-0.39, 0.29) is 22.3 Å². The number of nitrogens with zero attached hydrogens (tertiary/aromatic N) is 2. The molecule has 0 spiro atoms. The van der Waals surface area contributed by atoms with Crippen molar-refractivity contribution in [1.82, 2.24) is 4.57 Å². The average molecular weight is 570 g/mol. The van der Waals surface area contributed by atoms with Crippen molar-refractivity contribution in [2.75, 3.05) is 33.3 Å². The van der Waals surface area contributed by atoms with Gasteiger partial charge >= 0.3 is 5.97 Å². The zero-order valence-electron chi connectivity index (χ0n) is 21.7. The highest BCUT2D eigenvalue weighted by molar-refractivity contribution is 7.07. The molecule has 0 aliphatic carbocycles. The zero-order valence-corrected chi connectivity index (χ0v) is 23.3. The summed E-state index contributed by atoms with van der Waals surface area (Å²) in [5, 5.41) is 3.20. The molecule has 1 amide bonds. The molecule has 2 aliphatic heterocycles. The predicted octanol–water partition coefficient (Wildman–Crippen LogP) is 2.80. The monoisotopic (exact) mass is 569 g/mol. The number of methoxy groups -OCH3 is 3. The smallest absolute Gasteiger partial charge is 0.338 e. The summed E-state index contributed by atoms with van der Waals surface area (Å²) in [7, 11) is 4.43. The van der Waals surface area contributed by atoms with E-state index in [0.717, 1.165) is 11.3 Å². The second kappa shape index (κ2) is 10.2. The number of esters is 1. The Labute approximate surface area is 231 Å². The van der Waals surface area contributed by atoms with Gasteiger partial charge in [0.2, 0.25) is 5.75 Å². The molecule has 2 aliphatic rings. The van der Waals surface area contributed by atoms with Crippen LogP contribution in [0.25, 0.3) is 5.57 Å². The lowest BCUT2D eigenvalue weighted by molar-refractivity contribution is -0.139. The number of rotatable bonds is 6.